The average Bonchev–Trinajstić information content (AvgIpc) is 2.64. The first-order chi connectivity index (χ1) is 13.0. The predicted molar refractivity (Wildman–Crippen MR) is 106 cm³/mol. The summed E-state index contributed by atoms with van der Waals surface area (Å²) in [5.41, 5.74) is 1.27. The fraction of sp³-hybridized carbons (Fsp3) is 0.105. The Balaban J connectivity index is 1.92. The van der Waals surface area contributed by atoms with E-state index in [9.17, 15) is 9.59 Å². The molecule has 1 fully saturated rings. The van der Waals surface area contributed by atoms with E-state index < -0.39 is 11.8 Å². The molecular weight excluding hydrogens is 388 g/mol. The normalized spacial score (nSPS) is 13.7. The molecule has 138 valence electrons. The van der Waals surface area contributed by atoms with Crippen molar-refractivity contribution in [3.8, 4) is 11.5 Å². The van der Waals surface area contributed by atoms with Gasteiger partial charge in [-0.25, -0.2) is 0 Å². The van der Waals surface area contributed by atoms with Gasteiger partial charge in [0.25, 0.3) is 11.8 Å². The van der Waals surface area contributed by atoms with Gasteiger partial charge in [0.1, 0.15) is 23.7 Å². The van der Waals surface area contributed by atoms with Crippen LogP contribution in [0.5, 0.6) is 11.5 Å². The van der Waals surface area contributed by atoms with E-state index in [2.05, 4.69) is 10.6 Å². The Hall–Kier alpha value is -2.90. The Kier molecular flexibility index (Phi) is 5.73. The zero-order chi connectivity index (χ0) is 19.4. The molecule has 1 aliphatic heterocycles. The molecule has 1 heterocycles. The molecule has 2 amide bonds. The summed E-state index contributed by atoms with van der Waals surface area (Å²) >= 11 is 11.0. The van der Waals surface area contributed by atoms with Gasteiger partial charge in [-0.15, -0.1) is 0 Å². The third kappa shape index (κ3) is 4.45. The quantitative estimate of drug-likeness (QED) is 0.457. The SMILES string of the molecule is COc1ccc(C=C2C(=O)NC(=S)NC2=O)c(OCc2ccccc2Cl)c1. The van der Waals surface area contributed by atoms with Crippen molar-refractivity contribution in [1.82, 2.24) is 10.6 Å². The van der Waals surface area contributed by atoms with Gasteiger partial charge in [0.2, 0.25) is 0 Å². The summed E-state index contributed by atoms with van der Waals surface area (Å²) in [4.78, 5) is 24.1. The second kappa shape index (κ2) is 8.20. The molecule has 1 aliphatic rings. The molecule has 0 unspecified atom stereocenters. The molecule has 2 aromatic rings. The van der Waals surface area contributed by atoms with E-state index in [1.807, 2.05) is 18.2 Å². The summed E-state index contributed by atoms with van der Waals surface area (Å²) in [6.07, 6.45) is 1.44. The second-order valence-electron chi connectivity index (χ2n) is 5.58. The van der Waals surface area contributed by atoms with Gasteiger partial charge in [0.15, 0.2) is 5.11 Å². The van der Waals surface area contributed by atoms with Gasteiger partial charge in [-0.1, -0.05) is 29.8 Å². The molecule has 1 saturated heterocycles. The van der Waals surface area contributed by atoms with Crippen molar-refractivity contribution in [3.63, 3.8) is 0 Å². The van der Waals surface area contributed by atoms with E-state index in [0.717, 1.165) is 5.56 Å². The summed E-state index contributed by atoms with van der Waals surface area (Å²) in [5, 5.41) is 5.36. The highest BCUT2D eigenvalue weighted by molar-refractivity contribution is 7.80. The van der Waals surface area contributed by atoms with Crippen molar-refractivity contribution in [2.45, 2.75) is 6.61 Å². The fourth-order valence-corrected chi connectivity index (χ4v) is 2.79. The smallest absolute Gasteiger partial charge is 0.263 e. The highest BCUT2D eigenvalue weighted by atomic mass is 35.5. The lowest BCUT2D eigenvalue weighted by Crippen LogP contribution is -2.51. The Morgan fingerprint density at radius 3 is 2.48 bits per heavy atom. The van der Waals surface area contributed by atoms with Crippen LogP contribution in [0.1, 0.15) is 11.1 Å². The maximum absolute atomic E-state index is 12.1. The molecule has 2 N–H and O–H groups in total. The van der Waals surface area contributed by atoms with Gasteiger partial charge in [-0.3, -0.25) is 20.2 Å². The zero-order valence-electron chi connectivity index (χ0n) is 14.2. The standard InChI is InChI=1S/C19H15ClN2O4S/c1-25-13-7-6-11(8-14-17(23)21-19(27)22-18(14)24)16(9-13)26-10-12-4-2-3-5-15(12)20/h2-9H,10H2,1H3,(H2,21,22,23,24,27). The van der Waals surface area contributed by atoms with Crippen LogP contribution in [0.4, 0.5) is 0 Å². The van der Waals surface area contributed by atoms with Crippen LogP contribution in [-0.2, 0) is 16.2 Å². The number of carbonyl (C=O) groups is 2. The van der Waals surface area contributed by atoms with E-state index >= 15 is 0 Å². The number of halogens is 1. The maximum Gasteiger partial charge on any atom is 0.263 e. The first-order valence-electron chi connectivity index (χ1n) is 7.90. The fourth-order valence-electron chi connectivity index (χ4n) is 2.42. The minimum absolute atomic E-state index is 0.0212. The molecule has 0 bridgehead atoms. The number of nitrogens with one attached hydrogen (secondary N) is 2. The molecule has 0 saturated carbocycles. The number of carbonyl (C=O) groups excluding carboxylic acids is 2. The first kappa shape index (κ1) is 18.9. The summed E-state index contributed by atoms with van der Waals surface area (Å²) in [6.45, 7) is 0.214. The minimum atomic E-state index is -0.573. The van der Waals surface area contributed by atoms with E-state index in [1.54, 1.807) is 24.3 Å². The van der Waals surface area contributed by atoms with Crippen LogP contribution in [0.15, 0.2) is 48.0 Å². The summed E-state index contributed by atoms with van der Waals surface area (Å²) < 4.78 is 11.1. The number of hydrogen-bond acceptors (Lipinski definition) is 5. The molecule has 0 spiro atoms. The largest absolute Gasteiger partial charge is 0.497 e. The molecule has 8 heteroatoms. The lowest BCUT2D eigenvalue weighted by Gasteiger charge is -2.17. The van der Waals surface area contributed by atoms with Crippen LogP contribution < -0.4 is 20.1 Å². The van der Waals surface area contributed by atoms with Crippen molar-refractivity contribution < 1.29 is 19.1 Å². The van der Waals surface area contributed by atoms with E-state index in [4.69, 9.17) is 33.3 Å². The Morgan fingerprint density at radius 2 is 1.81 bits per heavy atom. The van der Waals surface area contributed by atoms with Crippen LogP contribution in [0.3, 0.4) is 0 Å². The van der Waals surface area contributed by atoms with Crippen LogP contribution in [-0.4, -0.2) is 24.0 Å². The summed E-state index contributed by atoms with van der Waals surface area (Å²) in [6, 6.07) is 12.4. The third-order valence-corrected chi connectivity index (χ3v) is 4.38. The molecule has 6 nitrogen and oxygen atoms in total. The number of methoxy groups -OCH3 is 1. The van der Waals surface area contributed by atoms with Gasteiger partial charge in [0, 0.05) is 22.2 Å². The molecule has 0 radical (unpaired) electrons. The predicted octanol–water partition coefficient (Wildman–Crippen LogP) is 2.84. The monoisotopic (exact) mass is 402 g/mol. The van der Waals surface area contributed by atoms with Crippen molar-refractivity contribution in [3.05, 3.63) is 64.2 Å². The van der Waals surface area contributed by atoms with Crippen molar-refractivity contribution in [2.75, 3.05) is 7.11 Å². The molecule has 3 rings (SSSR count). The number of hydrogen-bond donors (Lipinski definition) is 2. The minimum Gasteiger partial charge on any atom is -0.497 e. The van der Waals surface area contributed by atoms with Crippen LogP contribution >= 0.6 is 23.8 Å². The topological polar surface area (TPSA) is 76.7 Å². The highest BCUT2D eigenvalue weighted by Gasteiger charge is 2.26. The number of benzene rings is 2. The molecule has 0 atom stereocenters. The molecule has 0 aromatic heterocycles. The summed E-state index contributed by atoms with van der Waals surface area (Å²) in [7, 11) is 1.54. The van der Waals surface area contributed by atoms with E-state index in [0.29, 0.717) is 22.1 Å². The van der Waals surface area contributed by atoms with Gasteiger partial charge < -0.3 is 9.47 Å². The number of thiocarbonyl (C=S) groups is 1. The Bertz CT molecular complexity index is 936. The van der Waals surface area contributed by atoms with Gasteiger partial charge in [-0.05, 0) is 36.5 Å². The lowest BCUT2D eigenvalue weighted by atomic mass is 10.1. The van der Waals surface area contributed by atoms with Crippen LogP contribution in [0.25, 0.3) is 6.08 Å². The van der Waals surface area contributed by atoms with Gasteiger partial charge in [0.05, 0.1) is 7.11 Å². The molecule has 0 aliphatic carbocycles. The lowest BCUT2D eigenvalue weighted by molar-refractivity contribution is -0.123. The van der Waals surface area contributed by atoms with E-state index in [1.165, 1.54) is 13.2 Å². The Labute approximate surface area is 166 Å². The molecular formula is C19H15ClN2O4S. The van der Waals surface area contributed by atoms with Crippen molar-refractivity contribution in [2.24, 2.45) is 0 Å². The second-order valence-corrected chi connectivity index (χ2v) is 6.39. The van der Waals surface area contributed by atoms with Crippen LogP contribution in [0.2, 0.25) is 5.02 Å². The number of amides is 2. The third-order valence-electron chi connectivity index (χ3n) is 3.80. The highest BCUT2D eigenvalue weighted by Crippen LogP contribution is 2.29. The zero-order valence-corrected chi connectivity index (χ0v) is 15.8. The van der Waals surface area contributed by atoms with Gasteiger partial charge in [-0.2, -0.15) is 0 Å². The Morgan fingerprint density at radius 1 is 1.11 bits per heavy atom. The first-order valence-corrected chi connectivity index (χ1v) is 8.69. The van der Waals surface area contributed by atoms with E-state index in [-0.39, 0.29) is 17.3 Å². The number of rotatable bonds is 5. The molecule has 27 heavy (non-hydrogen) atoms. The summed E-state index contributed by atoms with van der Waals surface area (Å²) in [5.74, 6) is -0.131. The molecule has 2 aromatic carbocycles. The maximum atomic E-state index is 12.1. The average molecular weight is 403 g/mol. The number of ether oxygens (including phenoxy) is 2. The van der Waals surface area contributed by atoms with Crippen molar-refractivity contribution in [1.29, 1.82) is 0 Å². The van der Waals surface area contributed by atoms with Crippen LogP contribution in [0, 0.1) is 0 Å². The van der Waals surface area contributed by atoms with Gasteiger partial charge >= 0.3 is 0 Å². The van der Waals surface area contributed by atoms with Crippen molar-refractivity contribution >= 4 is 46.8 Å².